The summed E-state index contributed by atoms with van der Waals surface area (Å²) < 4.78 is 2.70. The Bertz CT molecular complexity index is 695. The number of hydrogen-bond acceptors (Lipinski definition) is 6. The quantitative estimate of drug-likeness (QED) is 0.517. The third kappa shape index (κ3) is 2.76. The Morgan fingerprint density at radius 1 is 0.957 bits per heavy atom. The maximum absolute atomic E-state index is 12.6. The van der Waals surface area contributed by atoms with E-state index in [1.807, 2.05) is 0 Å². The molecule has 8 nitrogen and oxygen atoms in total. The molecule has 0 amide bonds. The fraction of sp³-hybridized carbons (Fsp3) is 0.733. The molecule has 3 rings (SSSR count). The van der Waals surface area contributed by atoms with Crippen LogP contribution in [0.4, 0.5) is 0 Å². The fourth-order valence-electron chi connectivity index (χ4n) is 3.49. The zero-order valence-electron chi connectivity index (χ0n) is 12.9. The Labute approximate surface area is 132 Å². The van der Waals surface area contributed by atoms with Gasteiger partial charge in [0.25, 0.3) is 5.56 Å². The van der Waals surface area contributed by atoms with Crippen molar-refractivity contribution in [1.82, 2.24) is 9.13 Å². The van der Waals surface area contributed by atoms with Crippen molar-refractivity contribution in [3.63, 3.8) is 0 Å². The van der Waals surface area contributed by atoms with E-state index in [0.717, 1.165) is 0 Å². The normalized spacial score (nSPS) is 30.4. The van der Waals surface area contributed by atoms with Gasteiger partial charge in [0, 0.05) is 35.7 Å². The molecule has 1 aromatic rings. The zero-order chi connectivity index (χ0) is 16.9. The molecule has 0 spiro atoms. The fourth-order valence-corrected chi connectivity index (χ4v) is 3.49. The molecule has 23 heavy (non-hydrogen) atoms. The lowest BCUT2D eigenvalue weighted by Gasteiger charge is -2.40. The highest BCUT2D eigenvalue weighted by molar-refractivity contribution is 5.07. The minimum absolute atomic E-state index is 0.140. The molecule has 8 heteroatoms. The topological polar surface area (TPSA) is 125 Å². The van der Waals surface area contributed by atoms with E-state index in [2.05, 4.69) is 0 Å². The molecule has 0 radical (unpaired) electrons. The van der Waals surface area contributed by atoms with E-state index in [1.165, 1.54) is 15.3 Å². The minimum Gasteiger partial charge on any atom is -0.368 e. The summed E-state index contributed by atoms with van der Waals surface area (Å²) in [6.45, 7) is 1.64. The SMILES string of the molecule is Cc1cn(C2CC(C(O)O)C2)c(=O)n(C2CC(C(O)O)C2)c1=O. The molecule has 2 aliphatic carbocycles. The van der Waals surface area contributed by atoms with Gasteiger partial charge < -0.3 is 20.4 Å². The third-order valence-electron chi connectivity index (χ3n) is 5.22. The minimum atomic E-state index is -1.42. The molecule has 0 saturated heterocycles. The van der Waals surface area contributed by atoms with E-state index in [9.17, 15) is 9.59 Å². The second-order valence-corrected chi connectivity index (χ2v) is 6.77. The van der Waals surface area contributed by atoms with Crippen molar-refractivity contribution in [3.8, 4) is 0 Å². The summed E-state index contributed by atoms with van der Waals surface area (Å²) in [6.07, 6.45) is 0.468. The molecular weight excluding hydrogens is 304 g/mol. The lowest BCUT2D eigenvalue weighted by atomic mass is 9.79. The van der Waals surface area contributed by atoms with Gasteiger partial charge in [-0.05, 0) is 32.6 Å². The average Bonchev–Trinajstić information content (AvgIpc) is 2.35. The molecule has 2 aliphatic rings. The van der Waals surface area contributed by atoms with Crippen LogP contribution in [0.2, 0.25) is 0 Å². The molecule has 0 aromatic carbocycles. The van der Waals surface area contributed by atoms with Crippen LogP contribution in [0.3, 0.4) is 0 Å². The van der Waals surface area contributed by atoms with Crippen molar-refractivity contribution in [2.75, 3.05) is 0 Å². The zero-order valence-corrected chi connectivity index (χ0v) is 12.9. The Morgan fingerprint density at radius 3 is 1.91 bits per heavy atom. The monoisotopic (exact) mass is 326 g/mol. The van der Waals surface area contributed by atoms with E-state index in [4.69, 9.17) is 20.4 Å². The summed E-state index contributed by atoms with van der Waals surface area (Å²) in [5.41, 5.74) is -0.307. The number of aryl methyl sites for hydroxylation is 1. The molecule has 0 unspecified atom stereocenters. The maximum atomic E-state index is 12.6. The van der Waals surface area contributed by atoms with Crippen LogP contribution >= 0.6 is 0 Å². The summed E-state index contributed by atoms with van der Waals surface area (Å²) in [4.78, 5) is 24.9. The van der Waals surface area contributed by atoms with Crippen molar-refractivity contribution < 1.29 is 20.4 Å². The van der Waals surface area contributed by atoms with Gasteiger partial charge in [0.15, 0.2) is 12.6 Å². The van der Waals surface area contributed by atoms with Crippen LogP contribution in [-0.4, -0.2) is 42.1 Å². The number of nitrogens with zero attached hydrogens (tertiary/aromatic N) is 2. The van der Waals surface area contributed by atoms with Crippen LogP contribution in [0.25, 0.3) is 0 Å². The summed E-state index contributed by atoms with van der Waals surface area (Å²) >= 11 is 0. The molecule has 0 aliphatic heterocycles. The van der Waals surface area contributed by atoms with Gasteiger partial charge in [0.2, 0.25) is 0 Å². The van der Waals surface area contributed by atoms with Gasteiger partial charge in [-0.2, -0.15) is 0 Å². The van der Waals surface area contributed by atoms with E-state index in [-0.39, 0.29) is 29.5 Å². The molecule has 2 fully saturated rings. The van der Waals surface area contributed by atoms with Crippen LogP contribution in [-0.2, 0) is 0 Å². The molecule has 128 valence electrons. The predicted molar refractivity (Wildman–Crippen MR) is 79.7 cm³/mol. The van der Waals surface area contributed by atoms with Gasteiger partial charge in [-0.15, -0.1) is 0 Å². The number of rotatable bonds is 4. The Kier molecular flexibility index (Phi) is 4.18. The number of hydrogen-bond donors (Lipinski definition) is 4. The van der Waals surface area contributed by atoms with Gasteiger partial charge in [0.05, 0.1) is 0 Å². The van der Waals surface area contributed by atoms with Crippen molar-refractivity contribution >= 4 is 0 Å². The van der Waals surface area contributed by atoms with E-state index < -0.39 is 18.3 Å². The summed E-state index contributed by atoms with van der Waals surface area (Å²) in [5, 5.41) is 36.6. The number of aromatic nitrogens is 2. The first-order valence-electron chi connectivity index (χ1n) is 7.86. The number of aliphatic hydroxyl groups is 4. The van der Waals surface area contributed by atoms with Crippen LogP contribution in [0.5, 0.6) is 0 Å². The third-order valence-corrected chi connectivity index (χ3v) is 5.22. The Morgan fingerprint density at radius 2 is 1.43 bits per heavy atom. The lowest BCUT2D eigenvalue weighted by Crippen LogP contribution is -2.50. The average molecular weight is 326 g/mol. The Balaban J connectivity index is 1.87. The van der Waals surface area contributed by atoms with Gasteiger partial charge in [0.1, 0.15) is 0 Å². The van der Waals surface area contributed by atoms with Crippen molar-refractivity contribution in [2.45, 2.75) is 57.3 Å². The van der Waals surface area contributed by atoms with E-state index in [1.54, 1.807) is 6.92 Å². The molecule has 0 bridgehead atoms. The highest BCUT2D eigenvalue weighted by Gasteiger charge is 2.39. The predicted octanol–water partition coefficient (Wildman–Crippen LogP) is -1.16. The Hall–Kier alpha value is -1.48. The van der Waals surface area contributed by atoms with Crippen molar-refractivity contribution in [1.29, 1.82) is 0 Å². The van der Waals surface area contributed by atoms with Crippen molar-refractivity contribution in [2.24, 2.45) is 11.8 Å². The smallest absolute Gasteiger partial charge is 0.331 e. The maximum Gasteiger partial charge on any atom is 0.331 e. The van der Waals surface area contributed by atoms with Crippen LogP contribution < -0.4 is 11.2 Å². The van der Waals surface area contributed by atoms with Crippen LogP contribution in [0.1, 0.15) is 43.3 Å². The molecular formula is C15H22N2O6. The van der Waals surface area contributed by atoms with Gasteiger partial charge in [-0.1, -0.05) is 0 Å². The first-order chi connectivity index (χ1) is 10.8. The highest BCUT2D eigenvalue weighted by atomic mass is 16.5. The first kappa shape index (κ1) is 16.4. The molecule has 0 atom stereocenters. The molecule has 4 N–H and O–H groups in total. The van der Waals surface area contributed by atoms with Gasteiger partial charge in [-0.25, -0.2) is 4.79 Å². The second kappa shape index (κ2) is 5.86. The largest absolute Gasteiger partial charge is 0.368 e. The highest BCUT2D eigenvalue weighted by Crippen LogP contribution is 2.40. The van der Waals surface area contributed by atoms with Gasteiger partial charge >= 0.3 is 5.69 Å². The van der Waals surface area contributed by atoms with Crippen molar-refractivity contribution in [3.05, 3.63) is 32.6 Å². The van der Waals surface area contributed by atoms with Crippen LogP contribution in [0.15, 0.2) is 15.8 Å². The van der Waals surface area contributed by atoms with Gasteiger partial charge in [-0.3, -0.25) is 13.9 Å². The molecule has 2 saturated carbocycles. The first-order valence-corrected chi connectivity index (χ1v) is 7.86. The number of aliphatic hydroxyl groups excluding tert-OH is 2. The van der Waals surface area contributed by atoms with E-state index in [0.29, 0.717) is 31.2 Å². The molecule has 1 heterocycles. The summed E-state index contributed by atoms with van der Waals surface area (Å²) in [5.74, 6) is -0.553. The van der Waals surface area contributed by atoms with E-state index >= 15 is 0 Å². The second-order valence-electron chi connectivity index (χ2n) is 6.77. The van der Waals surface area contributed by atoms with Crippen LogP contribution in [0, 0.1) is 18.8 Å². The summed E-state index contributed by atoms with van der Waals surface area (Å²) in [6, 6.07) is -0.452. The lowest BCUT2D eigenvalue weighted by molar-refractivity contribution is -0.120. The summed E-state index contributed by atoms with van der Waals surface area (Å²) in [7, 11) is 0. The molecule has 1 aromatic heterocycles. The standard InChI is InChI=1S/C15H22N2O6/c1-7-6-16(10-2-8(3-10)13(19)20)15(23)17(12(7)18)11-4-9(5-11)14(21)22/h6,8-11,13-14,19-22H,2-5H2,1H3.